The molecule has 12 aromatic rings. The summed E-state index contributed by atoms with van der Waals surface area (Å²) in [5, 5.41) is 4.34. The fourth-order valence-electron chi connectivity index (χ4n) is 9.00. The third kappa shape index (κ3) is 7.09. The van der Waals surface area contributed by atoms with Crippen molar-refractivity contribution in [3.63, 3.8) is 0 Å². The molecule has 12 nitrogen and oxygen atoms in total. The summed E-state index contributed by atoms with van der Waals surface area (Å²) in [7, 11) is 0. The minimum atomic E-state index is -0.748. The molecule has 0 aliphatic heterocycles. The first-order chi connectivity index (χ1) is 34.1. The summed E-state index contributed by atoms with van der Waals surface area (Å²) in [6.45, 7) is 1.69. The van der Waals surface area contributed by atoms with Crippen molar-refractivity contribution >= 4 is 147 Å². The molecule has 15 heteroatoms. The molecule has 12 rings (SSSR count). The molecule has 0 aliphatic rings. The molecule has 0 spiro atoms. The van der Waals surface area contributed by atoms with Crippen molar-refractivity contribution in [3.05, 3.63) is 194 Å². The van der Waals surface area contributed by atoms with Gasteiger partial charge in [-0.2, -0.15) is 0 Å². The highest BCUT2D eigenvalue weighted by Gasteiger charge is 2.31. The first-order valence-electron chi connectivity index (χ1n) is 21.9. The maximum absolute atomic E-state index is 14.6. The lowest BCUT2D eigenvalue weighted by Gasteiger charge is -2.10. The van der Waals surface area contributed by atoms with Crippen LogP contribution in [0.4, 0.5) is 19.6 Å². The number of hydrogen-bond donors (Lipinski definition) is 0. The number of thiophene rings is 3. The highest BCUT2D eigenvalue weighted by molar-refractivity contribution is 7.35. The molecule has 0 fully saturated rings. The lowest BCUT2D eigenvalue weighted by molar-refractivity contribution is -0.102. The first kappa shape index (κ1) is 42.8. The summed E-state index contributed by atoms with van der Waals surface area (Å²) in [4.78, 5) is 92.7. The summed E-state index contributed by atoms with van der Waals surface area (Å²) in [6, 6.07) is 43.9. The number of aromatic nitrogens is 2. The van der Waals surface area contributed by atoms with Gasteiger partial charge in [-0.1, -0.05) is 115 Å². The zero-order valence-corrected chi connectivity index (χ0v) is 39.1. The van der Waals surface area contributed by atoms with Gasteiger partial charge in [0.25, 0.3) is 0 Å². The lowest BCUT2D eigenvalue weighted by Crippen LogP contribution is -2.31. The van der Waals surface area contributed by atoms with Crippen molar-refractivity contribution in [2.45, 2.75) is 20.1 Å². The molecule has 0 saturated carbocycles. The Kier molecular flexibility index (Phi) is 10.4. The van der Waals surface area contributed by atoms with Gasteiger partial charge in [0.05, 0.1) is 40.9 Å². The fourth-order valence-corrected chi connectivity index (χ4v) is 12.6. The van der Waals surface area contributed by atoms with E-state index in [0.29, 0.717) is 63.3 Å². The lowest BCUT2D eigenvalue weighted by atomic mass is 9.97. The van der Waals surface area contributed by atoms with E-state index in [9.17, 15) is 28.8 Å². The van der Waals surface area contributed by atoms with E-state index in [1.165, 1.54) is 43.1 Å². The second-order valence-electron chi connectivity index (χ2n) is 16.6. The molecule has 338 valence electrons. The van der Waals surface area contributed by atoms with Crippen LogP contribution in [-0.2, 0) is 27.5 Å². The largest absolute Gasteiger partial charge is 0.444 e. The van der Waals surface area contributed by atoms with Crippen molar-refractivity contribution in [1.82, 2.24) is 9.13 Å². The molecule has 0 N–H and O–H groups in total. The molecule has 0 bridgehead atoms. The standard InChI is InChI=1S/C55H32N4O8S3/c1-29-20-32-16-8-9-17-33(32)21-36(29)47(61)39(26-60)56-42-24-40-50(68-42)52-45(58(40)54(64)66-27-30-12-4-2-5-13-30)46-53(70-52)51-41(59(46)55(65)67-28-31-14-6-3-7-15-31)25-43(69-51)57-44-48(62)37-22-34-18-10-11-19-35(34)23-38(37)49(44)63/h2-26H,27-28H2,1H3/b56-39-. The monoisotopic (exact) mass is 972 g/mol. The molecule has 5 heterocycles. The number of fused-ring (bicyclic) bond motifs is 10. The van der Waals surface area contributed by atoms with Crippen molar-refractivity contribution < 1.29 is 28.7 Å². The molecule has 0 unspecified atom stereocenters. The van der Waals surface area contributed by atoms with Crippen LogP contribution in [0.25, 0.3) is 73.2 Å². The van der Waals surface area contributed by atoms with Crippen molar-refractivity contribution in [3.8, 4) is 0 Å². The van der Waals surface area contributed by atoms with Crippen molar-refractivity contribution in [2.75, 3.05) is 0 Å². The van der Waals surface area contributed by atoms with Crippen LogP contribution in [0.3, 0.4) is 0 Å². The van der Waals surface area contributed by atoms with E-state index in [2.05, 4.69) is 9.98 Å². The summed E-state index contributed by atoms with van der Waals surface area (Å²) < 4.78 is 17.1. The molecule has 0 amide bonds. The number of carbonyl (C=O) groups excluding carboxylic acids is 4. The molecular formula is C55H32N4O8S3. The quantitative estimate of drug-likeness (QED) is 0.0599. The second kappa shape index (κ2) is 16.9. The Morgan fingerprint density at radius 3 is 1.53 bits per heavy atom. The Labute approximate surface area is 406 Å². The number of hydrogen-bond acceptors (Lipinski definition) is 13. The van der Waals surface area contributed by atoms with Gasteiger partial charge in [0.15, 0.2) is 17.4 Å². The van der Waals surface area contributed by atoms with Crippen LogP contribution in [0.15, 0.2) is 165 Å². The van der Waals surface area contributed by atoms with Gasteiger partial charge in [0.1, 0.15) is 23.2 Å². The molecule has 0 radical (unpaired) electrons. The number of ketones is 1. The zero-order valence-electron chi connectivity index (χ0n) is 36.6. The summed E-state index contributed by atoms with van der Waals surface area (Å²) in [5.41, 5.74) is 2.74. The molecular weight excluding hydrogens is 941 g/mol. The number of Topliss-reactive ketones (excluding diaryl/α,β-unsaturated/α-hetero) is 1. The number of nitrogens with zero attached hydrogens (tertiary/aromatic N) is 4. The predicted molar refractivity (Wildman–Crippen MR) is 278 cm³/mol. The number of benzene rings is 6. The number of aliphatic imine (C=N–C) groups is 1. The molecule has 70 heavy (non-hydrogen) atoms. The number of aldehydes is 1. The van der Waals surface area contributed by atoms with Crippen LogP contribution in [0.5, 0.6) is 0 Å². The summed E-state index contributed by atoms with van der Waals surface area (Å²) in [5.74, 6) is -0.547. The SMILES string of the molecule is Cc1cc2ccccc2cc1C(=O)/C(C=O)=N\c1cc2c(s1)c1sc3c4sc(N=c5c(=O)c6cc7ccccc7cc6c5=O)cc4n(C(=O)OCc4ccccc4)c3c1n2C(=O)OCc1ccccc1. The number of carbonyl (C=O) groups is 4. The summed E-state index contributed by atoms with van der Waals surface area (Å²) in [6.07, 6.45) is -1.06. The minimum Gasteiger partial charge on any atom is -0.444 e. The Balaban J connectivity index is 1.05. The predicted octanol–water partition coefficient (Wildman–Crippen LogP) is 12.2. The van der Waals surface area contributed by atoms with E-state index >= 15 is 0 Å². The van der Waals surface area contributed by atoms with Crippen LogP contribution < -0.4 is 16.2 Å². The van der Waals surface area contributed by atoms with Gasteiger partial charge in [-0.05, 0) is 75.5 Å². The van der Waals surface area contributed by atoms with Gasteiger partial charge in [0.2, 0.25) is 16.6 Å². The third-order valence-corrected chi connectivity index (χ3v) is 15.8. The van der Waals surface area contributed by atoms with Crippen LogP contribution in [0.2, 0.25) is 0 Å². The molecule has 7 aromatic carbocycles. The Hall–Kier alpha value is -8.50. The van der Waals surface area contributed by atoms with Crippen LogP contribution in [0, 0.1) is 6.92 Å². The van der Waals surface area contributed by atoms with E-state index in [1.807, 2.05) is 122 Å². The van der Waals surface area contributed by atoms with Gasteiger partial charge in [-0.3, -0.25) is 19.2 Å². The van der Waals surface area contributed by atoms with Gasteiger partial charge in [-0.15, -0.1) is 34.0 Å². The first-order valence-corrected chi connectivity index (χ1v) is 24.3. The van der Waals surface area contributed by atoms with E-state index in [-0.39, 0.29) is 40.1 Å². The molecule has 5 aromatic heterocycles. The van der Waals surface area contributed by atoms with E-state index in [1.54, 1.807) is 30.3 Å². The van der Waals surface area contributed by atoms with Crippen LogP contribution in [0.1, 0.15) is 27.0 Å². The van der Waals surface area contributed by atoms with Gasteiger partial charge >= 0.3 is 12.2 Å². The summed E-state index contributed by atoms with van der Waals surface area (Å²) >= 11 is 3.68. The van der Waals surface area contributed by atoms with Gasteiger partial charge < -0.3 is 9.47 Å². The van der Waals surface area contributed by atoms with E-state index in [0.717, 1.165) is 32.7 Å². The second-order valence-corrected chi connectivity index (χ2v) is 19.7. The van der Waals surface area contributed by atoms with E-state index in [4.69, 9.17) is 9.47 Å². The Morgan fingerprint density at radius 1 is 0.557 bits per heavy atom. The maximum Gasteiger partial charge on any atom is 0.419 e. The average molecular weight is 973 g/mol. The topological polar surface area (TPSA) is 155 Å². The average Bonchev–Trinajstić information content (AvgIpc) is 4.22. The molecule has 0 saturated heterocycles. The van der Waals surface area contributed by atoms with Crippen LogP contribution >= 0.6 is 34.0 Å². The highest BCUT2D eigenvalue weighted by atomic mass is 32.1. The molecule has 0 atom stereocenters. The van der Waals surface area contributed by atoms with Gasteiger partial charge in [0, 0.05) is 16.3 Å². The smallest absolute Gasteiger partial charge is 0.419 e. The highest BCUT2D eigenvalue weighted by Crippen LogP contribution is 2.51. The van der Waals surface area contributed by atoms with Crippen molar-refractivity contribution in [2.24, 2.45) is 9.98 Å². The number of ether oxygens (including phenoxy) is 2. The maximum atomic E-state index is 14.6. The van der Waals surface area contributed by atoms with Gasteiger partial charge in [-0.25, -0.2) is 28.7 Å². The normalized spacial score (nSPS) is 12.0. The Morgan fingerprint density at radius 2 is 1.01 bits per heavy atom. The third-order valence-electron chi connectivity index (χ3n) is 12.3. The van der Waals surface area contributed by atoms with Crippen molar-refractivity contribution in [1.29, 1.82) is 0 Å². The van der Waals surface area contributed by atoms with E-state index < -0.39 is 28.8 Å². The Bertz CT molecular complexity index is 4330. The minimum absolute atomic E-state index is 0.0594. The number of aryl methyl sites for hydroxylation is 1. The molecule has 0 aliphatic carbocycles. The fraction of sp³-hybridized carbons (Fsp3) is 0.0545. The zero-order chi connectivity index (χ0) is 47.8. The van der Waals surface area contributed by atoms with Crippen LogP contribution in [-0.4, -0.2) is 39.1 Å². The number of rotatable bonds is 9.